The van der Waals surface area contributed by atoms with Crippen molar-refractivity contribution in [3.05, 3.63) is 47.5 Å². The van der Waals surface area contributed by atoms with Crippen LogP contribution in [0.3, 0.4) is 0 Å². The number of rotatable bonds is 3. The average Bonchev–Trinajstić information content (AvgIpc) is 2.33. The standard InChI is InChI=1S/C14H17FO2/c1-14(16,13-8-4-5-9-17-13)10-11-6-2-3-7-12(11)15/h2-3,6-8,16H,4-5,9-10H2,1H3. The first-order valence-electron chi connectivity index (χ1n) is 5.89. The molecular weight excluding hydrogens is 219 g/mol. The van der Waals surface area contributed by atoms with E-state index in [4.69, 9.17) is 4.74 Å². The molecule has 1 aromatic rings. The third kappa shape index (κ3) is 2.86. The summed E-state index contributed by atoms with van der Waals surface area (Å²) in [5.41, 5.74) is -0.629. The topological polar surface area (TPSA) is 29.5 Å². The van der Waals surface area contributed by atoms with E-state index in [0.717, 1.165) is 12.8 Å². The lowest BCUT2D eigenvalue weighted by molar-refractivity contribution is 0.0179. The first-order valence-corrected chi connectivity index (χ1v) is 5.89. The van der Waals surface area contributed by atoms with Gasteiger partial charge < -0.3 is 9.84 Å². The van der Waals surface area contributed by atoms with Crippen molar-refractivity contribution in [2.75, 3.05) is 6.61 Å². The summed E-state index contributed by atoms with van der Waals surface area (Å²) in [7, 11) is 0. The molecule has 1 unspecified atom stereocenters. The van der Waals surface area contributed by atoms with Gasteiger partial charge in [0.25, 0.3) is 0 Å². The second-order valence-electron chi connectivity index (χ2n) is 4.60. The van der Waals surface area contributed by atoms with Crippen molar-refractivity contribution < 1.29 is 14.2 Å². The highest BCUT2D eigenvalue weighted by Gasteiger charge is 2.29. The molecule has 1 aliphatic rings. The Morgan fingerprint density at radius 1 is 1.41 bits per heavy atom. The molecule has 1 heterocycles. The minimum Gasteiger partial charge on any atom is -0.495 e. The smallest absolute Gasteiger partial charge is 0.126 e. The van der Waals surface area contributed by atoms with Gasteiger partial charge >= 0.3 is 0 Å². The summed E-state index contributed by atoms with van der Waals surface area (Å²) in [5, 5.41) is 10.4. The second-order valence-corrected chi connectivity index (χ2v) is 4.60. The van der Waals surface area contributed by atoms with Crippen molar-refractivity contribution in [1.29, 1.82) is 0 Å². The van der Waals surface area contributed by atoms with E-state index >= 15 is 0 Å². The Bertz CT molecular complexity index is 424. The number of aliphatic hydroxyl groups is 1. The van der Waals surface area contributed by atoms with Crippen LogP contribution in [0.2, 0.25) is 0 Å². The van der Waals surface area contributed by atoms with Crippen LogP contribution in [0.5, 0.6) is 0 Å². The number of benzene rings is 1. The quantitative estimate of drug-likeness (QED) is 0.874. The lowest BCUT2D eigenvalue weighted by Crippen LogP contribution is -2.33. The second kappa shape index (κ2) is 4.88. The van der Waals surface area contributed by atoms with Crippen LogP contribution in [0, 0.1) is 5.82 Å². The van der Waals surface area contributed by atoms with Gasteiger partial charge in [-0.1, -0.05) is 18.2 Å². The Morgan fingerprint density at radius 3 is 2.82 bits per heavy atom. The van der Waals surface area contributed by atoms with Crippen LogP contribution < -0.4 is 0 Å². The highest BCUT2D eigenvalue weighted by molar-refractivity contribution is 5.23. The molecule has 0 fully saturated rings. The molecule has 0 radical (unpaired) electrons. The molecule has 1 aliphatic heterocycles. The Balaban J connectivity index is 2.17. The summed E-state index contributed by atoms with van der Waals surface area (Å²) in [4.78, 5) is 0. The van der Waals surface area contributed by atoms with Gasteiger partial charge in [-0.05, 0) is 37.5 Å². The largest absolute Gasteiger partial charge is 0.495 e. The van der Waals surface area contributed by atoms with Crippen LogP contribution in [0.4, 0.5) is 4.39 Å². The third-order valence-electron chi connectivity index (χ3n) is 2.96. The first-order chi connectivity index (χ1) is 8.09. The predicted octanol–water partition coefficient (Wildman–Crippen LogP) is 2.81. The lowest BCUT2D eigenvalue weighted by Gasteiger charge is -2.29. The van der Waals surface area contributed by atoms with Gasteiger partial charge in [-0.3, -0.25) is 0 Å². The Kier molecular flexibility index (Phi) is 3.48. The van der Waals surface area contributed by atoms with E-state index in [1.807, 2.05) is 6.08 Å². The van der Waals surface area contributed by atoms with Gasteiger partial charge in [-0.15, -0.1) is 0 Å². The van der Waals surface area contributed by atoms with E-state index in [0.29, 0.717) is 17.9 Å². The van der Waals surface area contributed by atoms with Gasteiger partial charge in [-0.2, -0.15) is 0 Å². The van der Waals surface area contributed by atoms with E-state index in [9.17, 15) is 9.50 Å². The molecule has 1 aromatic carbocycles. The van der Waals surface area contributed by atoms with Crippen LogP contribution in [-0.4, -0.2) is 17.3 Å². The third-order valence-corrected chi connectivity index (χ3v) is 2.96. The zero-order valence-corrected chi connectivity index (χ0v) is 9.95. The summed E-state index contributed by atoms with van der Waals surface area (Å²) in [6.45, 7) is 2.29. The molecule has 0 bridgehead atoms. The normalized spacial score (nSPS) is 19.1. The van der Waals surface area contributed by atoms with Gasteiger partial charge in [-0.25, -0.2) is 4.39 Å². The summed E-state index contributed by atoms with van der Waals surface area (Å²) < 4.78 is 19.0. The highest BCUT2D eigenvalue weighted by atomic mass is 19.1. The molecule has 0 aliphatic carbocycles. The molecule has 17 heavy (non-hydrogen) atoms. The van der Waals surface area contributed by atoms with Crippen molar-refractivity contribution in [2.45, 2.75) is 31.8 Å². The average molecular weight is 236 g/mol. The summed E-state index contributed by atoms with van der Waals surface area (Å²) >= 11 is 0. The number of ether oxygens (including phenoxy) is 1. The zero-order chi connectivity index (χ0) is 12.3. The maximum absolute atomic E-state index is 13.5. The minimum atomic E-state index is -1.14. The molecular formula is C14H17FO2. The Hall–Kier alpha value is -1.35. The molecule has 1 N–H and O–H groups in total. The van der Waals surface area contributed by atoms with Crippen molar-refractivity contribution >= 4 is 0 Å². The molecule has 0 saturated heterocycles. The van der Waals surface area contributed by atoms with E-state index in [1.165, 1.54) is 6.07 Å². The van der Waals surface area contributed by atoms with Crippen molar-refractivity contribution in [1.82, 2.24) is 0 Å². The summed E-state index contributed by atoms with van der Waals surface area (Å²) in [6, 6.07) is 6.50. The highest BCUT2D eigenvalue weighted by Crippen LogP contribution is 2.27. The minimum absolute atomic E-state index is 0.228. The van der Waals surface area contributed by atoms with Crippen LogP contribution in [-0.2, 0) is 11.2 Å². The van der Waals surface area contributed by atoms with Crippen LogP contribution in [0.15, 0.2) is 36.1 Å². The molecule has 0 amide bonds. The van der Waals surface area contributed by atoms with Crippen molar-refractivity contribution in [3.8, 4) is 0 Å². The fourth-order valence-corrected chi connectivity index (χ4v) is 2.03. The van der Waals surface area contributed by atoms with Crippen LogP contribution >= 0.6 is 0 Å². The van der Waals surface area contributed by atoms with Crippen LogP contribution in [0.1, 0.15) is 25.3 Å². The van der Waals surface area contributed by atoms with E-state index in [2.05, 4.69) is 0 Å². The monoisotopic (exact) mass is 236 g/mol. The molecule has 2 rings (SSSR count). The lowest BCUT2D eigenvalue weighted by atomic mass is 9.92. The van der Waals surface area contributed by atoms with E-state index < -0.39 is 5.60 Å². The Labute approximate surface area is 101 Å². The molecule has 0 aromatic heterocycles. The summed E-state index contributed by atoms with van der Waals surface area (Å²) in [6.07, 6.45) is 4.00. The van der Waals surface area contributed by atoms with Crippen molar-refractivity contribution in [3.63, 3.8) is 0 Å². The van der Waals surface area contributed by atoms with Gasteiger partial charge in [0, 0.05) is 6.42 Å². The molecule has 2 nitrogen and oxygen atoms in total. The van der Waals surface area contributed by atoms with Crippen LogP contribution in [0.25, 0.3) is 0 Å². The first kappa shape index (κ1) is 12.1. The maximum Gasteiger partial charge on any atom is 0.126 e. The fourth-order valence-electron chi connectivity index (χ4n) is 2.03. The van der Waals surface area contributed by atoms with E-state index in [1.54, 1.807) is 25.1 Å². The van der Waals surface area contributed by atoms with Crippen molar-refractivity contribution in [2.24, 2.45) is 0 Å². The van der Waals surface area contributed by atoms with Gasteiger partial charge in [0.05, 0.1) is 6.61 Å². The molecule has 0 spiro atoms. The van der Waals surface area contributed by atoms with E-state index in [-0.39, 0.29) is 12.2 Å². The molecule has 3 heteroatoms. The molecule has 0 saturated carbocycles. The zero-order valence-electron chi connectivity index (χ0n) is 9.95. The van der Waals surface area contributed by atoms with Gasteiger partial charge in [0.2, 0.25) is 0 Å². The Morgan fingerprint density at radius 2 is 2.18 bits per heavy atom. The predicted molar refractivity (Wildman–Crippen MR) is 64.0 cm³/mol. The fraction of sp³-hybridized carbons (Fsp3) is 0.429. The molecule has 1 atom stereocenters. The number of hydrogen-bond donors (Lipinski definition) is 1. The van der Waals surface area contributed by atoms with Gasteiger partial charge in [0.15, 0.2) is 0 Å². The molecule has 92 valence electrons. The SMILES string of the molecule is CC(O)(Cc1ccccc1F)C1=CCCCO1. The van der Waals surface area contributed by atoms with Gasteiger partial charge in [0.1, 0.15) is 17.2 Å². The maximum atomic E-state index is 13.5. The number of hydrogen-bond acceptors (Lipinski definition) is 2. The summed E-state index contributed by atoms with van der Waals surface area (Å²) in [5.74, 6) is 0.274. The number of allylic oxidation sites excluding steroid dienone is 1. The number of halogens is 1.